The third-order valence-electron chi connectivity index (χ3n) is 2.89. The molecule has 0 aromatic heterocycles. The Labute approximate surface area is 112 Å². The Hall–Kier alpha value is -1.88. The molecule has 3 N–H and O–H groups in total. The molecule has 0 saturated carbocycles. The van der Waals surface area contributed by atoms with Crippen molar-refractivity contribution in [2.45, 2.75) is 26.5 Å². The normalized spacial score (nSPS) is 13.9. The zero-order valence-electron chi connectivity index (χ0n) is 11.1. The molecule has 0 saturated heterocycles. The summed E-state index contributed by atoms with van der Waals surface area (Å²) < 4.78 is 5.14. The van der Waals surface area contributed by atoms with Crippen molar-refractivity contribution in [3.8, 4) is 0 Å². The molecule has 1 unspecified atom stereocenters. The van der Waals surface area contributed by atoms with Crippen LogP contribution < -0.4 is 5.73 Å². The fraction of sp³-hybridized carbons (Fsp3) is 0.429. The van der Waals surface area contributed by atoms with E-state index in [1.165, 1.54) is 0 Å². The van der Waals surface area contributed by atoms with Crippen LogP contribution in [-0.2, 0) is 20.9 Å². The third-order valence-corrected chi connectivity index (χ3v) is 2.89. The number of esters is 1. The highest BCUT2D eigenvalue weighted by Gasteiger charge is 2.34. The zero-order chi connectivity index (χ0) is 14.4. The van der Waals surface area contributed by atoms with E-state index in [9.17, 15) is 9.59 Å². The van der Waals surface area contributed by atoms with E-state index in [1.54, 1.807) is 13.8 Å². The summed E-state index contributed by atoms with van der Waals surface area (Å²) in [6, 6.07) is 7.95. The number of carbonyl (C=O) groups excluding carboxylic acids is 1. The van der Waals surface area contributed by atoms with Gasteiger partial charge in [-0.25, -0.2) is 0 Å². The largest absolute Gasteiger partial charge is 0.480 e. The van der Waals surface area contributed by atoms with Crippen molar-refractivity contribution in [1.29, 1.82) is 0 Å². The van der Waals surface area contributed by atoms with Gasteiger partial charge in [0.25, 0.3) is 0 Å². The predicted octanol–water partition coefficient (Wildman–Crippen LogP) is 1.41. The molecule has 5 nitrogen and oxygen atoms in total. The molecule has 0 aliphatic rings. The number of hydrogen-bond acceptors (Lipinski definition) is 4. The molecule has 0 spiro atoms. The van der Waals surface area contributed by atoms with E-state index in [4.69, 9.17) is 15.6 Å². The van der Waals surface area contributed by atoms with Crippen molar-refractivity contribution < 1.29 is 19.4 Å². The molecule has 5 heteroatoms. The number of nitrogens with two attached hydrogens (primary N) is 1. The van der Waals surface area contributed by atoms with Gasteiger partial charge >= 0.3 is 11.9 Å². The van der Waals surface area contributed by atoms with Gasteiger partial charge in [-0.3, -0.25) is 9.59 Å². The molecule has 1 aromatic rings. The van der Waals surface area contributed by atoms with Crippen LogP contribution in [0.4, 0.5) is 0 Å². The number of rotatable bonds is 6. The third kappa shape index (κ3) is 4.37. The van der Waals surface area contributed by atoms with E-state index in [0.29, 0.717) is 0 Å². The quantitative estimate of drug-likeness (QED) is 0.759. The molecule has 0 amide bonds. The Morgan fingerprint density at radius 3 is 2.32 bits per heavy atom. The maximum Gasteiger partial charge on any atom is 0.321 e. The van der Waals surface area contributed by atoms with Crippen LogP contribution in [0.25, 0.3) is 0 Å². The van der Waals surface area contributed by atoms with Gasteiger partial charge in [0.2, 0.25) is 0 Å². The van der Waals surface area contributed by atoms with E-state index in [0.717, 1.165) is 5.56 Å². The monoisotopic (exact) mass is 265 g/mol. The number of ether oxygens (including phenoxy) is 1. The number of carboxylic acids is 1. The lowest BCUT2D eigenvalue weighted by Crippen LogP contribution is -2.45. The first kappa shape index (κ1) is 15.2. The van der Waals surface area contributed by atoms with Crippen molar-refractivity contribution in [3.63, 3.8) is 0 Å². The van der Waals surface area contributed by atoms with Crippen molar-refractivity contribution in [2.24, 2.45) is 17.6 Å². The van der Waals surface area contributed by atoms with Crippen LogP contribution in [0.5, 0.6) is 0 Å². The highest BCUT2D eigenvalue weighted by Crippen LogP contribution is 2.17. The topological polar surface area (TPSA) is 89.6 Å². The van der Waals surface area contributed by atoms with Gasteiger partial charge in [-0.15, -0.1) is 0 Å². The molecule has 2 atom stereocenters. The maximum atomic E-state index is 11.9. The van der Waals surface area contributed by atoms with Gasteiger partial charge in [-0.2, -0.15) is 0 Å². The lowest BCUT2D eigenvalue weighted by atomic mass is 9.89. The Balaban J connectivity index is 2.65. The van der Waals surface area contributed by atoms with Crippen molar-refractivity contribution in [3.05, 3.63) is 35.9 Å². The minimum atomic E-state index is -1.25. The molecule has 104 valence electrons. The summed E-state index contributed by atoms with van der Waals surface area (Å²) in [6.45, 7) is 3.61. The second-order valence-electron chi connectivity index (χ2n) is 4.73. The standard InChI is InChI=1S/C14H19NO4/c1-9(2)11(12(15)13(16)17)14(18)19-8-10-6-4-3-5-7-10/h3-7,9,11-12H,8,15H2,1-2H3,(H,16,17)/t11?,12-/m0/s1. The van der Waals surface area contributed by atoms with E-state index in [1.807, 2.05) is 30.3 Å². The SMILES string of the molecule is CC(C)C(C(=O)OCc1ccccc1)[C@H](N)C(=O)O. The number of hydrogen-bond donors (Lipinski definition) is 2. The average Bonchev–Trinajstić information content (AvgIpc) is 2.37. The highest BCUT2D eigenvalue weighted by molar-refractivity contribution is 5.83. The first-order chi connectivity index (χ1) is 8.93. The molecule has 0 heterocycles. The molecule has 0 bridgehead atoms. The van der Waals surface area contributed by atoms with Gasteiger partial charge in [0.1, 0.15) is 12.6 Å². The van der Waals surface area contributed by atoms with Gasteiger partial charge in [-0.05, 0) is 11.5 Å². The number of aliphatic carboxylic acids is 1. The fourth-order valence-electron chi connectivity index (χ4n) is 1.81. The van der Waals surface area contributed by atoms with Crippen LogP contribution in [0, 0.1) is 11.8 Å². The van der Waals surface area contributed by atoms with Gasteiger partial charge in [0, 0.05) is 0 Å². The molecule has 1 aromatic carbocycles. The summed E-state index contributed by atoms with van der Waals surface area (Å²) in [6.07, 6.45) is 0. The van der Waals surface area contributed by atoms with Crippen LogP contribution in [0.3, 0.4) is 0 Å². The first-order valence-electron chi connectivity index (χ1n) is 6.12. The Kier molecular flexibility index (Phi) is 5.51. The Bertz CT molecular complexity index is 430. The summed E-state index contributed by atoms with van der Waals surface area (Å²) in [7, 11) is 0. The number of carboxylic acid groups (broad SMARTS) is 1. The van der Waals surface area contributed by atoms with Gasteiger partial charge in [-0.1, -0.05) is 44.2 Å². The molecule has 19 heavy (non-hydrogen) atoms. The average molecular weight is 265 g/mol. The first-order valence-corrected chi connectivity index (χ1v) is 6.12. The zero-order valence-corrected chi connectivity index (χ0v) is 11.1. The van der Waals surface area contributed by atoms with Crippen LogP contribution >= 0.6 is 0 Å². The summed E-state index contributed by atoms with van der Waals surface area (Å²) in [5.74, 6) is -2.82. The smallest absolute Gasteiger partial charge is 0.321 e. The Morgan fingerprint density at radius 2 is 1.84 bits per heavy atom. The van der Waals surface area contributed by atoms with Gasteiger partial charge in [0.05, 0.1) is 5.92 Å². The fourth-order valence-corrected chi connectivity index (χ4v) is 1.81. The highest BCUT2D eigenvalue weighted by atomic mass is 16.5. The van der Waals surface area contributed by atoms with Crippen LogP contribution in [0.15, 0.2) is 30.3 Å². The molecular weight excluding hydrogens is 246 g/mol. The van der Waals surface area contributed by atoms with E-state index >= 15 is 0 Å². The second-order valence-corrected chi connectivity index (χ2v) is 4.73. The molecular formula is C14H19NO4. The van der Waals surface area contributed by atoms with E-state index < -0.39 is 23.9 Å². The maximum absolute atomic E-state index is 11.9. The molecule has 1 rings (SSSR count). The summed E-state index contributed by atoms with van der Waals surface area (Å²) in [4.78, 5) is 22.8. The van der Waals surface area contributed by atoms with Crippen LogP contribution in [-0.4, -0.2) is 23.1 Å². The van der Waals surface area contributed by atoms with Crippen molar-refractivity contribution in [2.75, 3.05) is 0 Å². The van der Waals surface area contributed by atoms with Gasteiger partial charge < -0.3 is 15.6 Å². The van der Waals surface area contributed by atoms with Crippen molar-refractivity contribution >= 4 is 11.9 Å². The lowest BCUT2D eigenvalue weighted by molar-refractivity contribution is -0.157. The second kappa shape index (κ2) is 6.89. The minimum Gasteiger partial charge on any atom is -0.480 e. The van der Waals surface area contributed by atoms with E-state index in [-0.39, 0.29) is 12.5 Å². The number of benzene rings is 1. The predicted molar refractivity (Wildman–Crippen MR) is 70.2 cm³/mol. The van der Waals surface area contributed by atoms with Crippen LogP contribution in [0.1, 0.15) is 19.4 Å². The molecule has 0 fully saturated rings. The summed E-state index contributed by atoms with van der Waals surface area (Å²) in [5, 5.41) is 8.90. The molecule has 0 aliphatic heterocycles. The van der Waals surface area contributed by atoms with Crippen molar-refractivity contribution in [1.82, 2.24) is 0 Å². The summed E-state index contributed by atoms with van der Waals surface area (Å²) >= 11 is 0. The van der Waals surface area contributed by atoms with Crippen LogP contribution in [0.2, 0.25) is 0 Å². The van der Waals surface area contributed by atoms with E-state index in [2.05, 4.69) is 0 Å². The van der Waals surface area contributed by atoms with Gasteiger partial charge in [0.15, 0.2) is 0 Å². The number of carbonyl (C=O) groups is 2. The Morgan fingerprint density at radius 1 is 1.26 bits per heavy atom. The molecule has 0 aliphatic carbocycles. The molecule has 0 radical (unpaired) electrons. The summed E-state index contributed by atoms with van der Waals surface area (Å²) in [5.41, 5.74) is 6.38. The lowest BCUT2D eigenvalue weighted by Gasteiger charge is -2.22. The minimum absolute atomic E-state index is 0.120.